The summed E-state index contributed by atoms with van der Waals surface area (Å²) in [5, 5.41) is 0.625. The van der Waals surface area contributed by atoms with Crippen LogP contribution in [-0.4, -0.2) is 40.7 Å². The number of fused-ring (bicyclic) bond motifs is 1. The zero-order valence-corrected chi connectivity index (χ0v) is 11.9. The molecule has 0 aliphatic carbocycles. The molecule has 3 rings (SSSR count). The number of likely N-dealkylation sites (tertiary alicyclic amines) is 1. The van der Waals surface area contributed by atoms with Gasteiger partial charge in [-0.15, -0.1) is 0 Å². The van der Waals surface area contributed by atoms with Crippen LogP contribution in [-0.2, 0) is 7.05 Å². The molecule has 5 heteroatoms. The van der Waals surface area contributed by atoms with Gasteiger partial charge in [-0.2, -0.15) is 4.98 Å². The van der Waals surface area contributed by atoms with Gasteiger partial charge < -0.3 is 9.64 Å². The topological polar surface area (TPSA) is 47.4 Å². The molecule has 0 amide bonds. The Balaban J connectivity index is 1.88. The third-order valence-corrected chi connectivity index (χ3v) is 4.02. The van der Waals surface area contributed by atoms with Crippen molar-refractivity contribution in [2.45, 2.75) is 18.9 Å². The summed E-state index contributed by atoms with van der Waals surface area (Å²) in [7, 11) is 3.81. The normalized spacial score (nSPS) is 19.6. The summed E-state index contributed by atoms with van der Waals surface area (Å²) in [5.74, 6) is 0. The maximum atomic E-state index is 12.2. The molecule has 1 atom stereocenters. The predicted molar refractivity (Wildman–Crippen MR) is 78.1 cm³/mol. The fraction of sp³-hybridized carbons (Fsp3) is 0.467. The van der Waals surface area contributed by atoms with Crippen molar-refractivity contribution in [3.05, 3.63) is 34.6 Å². The molecule has 1 saturated heterocycles. The Morgan fingerprint density at radius 3 is 2.90 bits per heavy atom. The van der Waals surface area contributed by atoms with Crippen LogP contribution in [0.3, 0.4) is 0 Å². The standard InChI is InChI=1S/C15H19N3O2/c1-17-9-5-6-11(17)10-20-15-16-13-8-4-3-7-12(13)14(19)18(15)2/h3-4,7-8,11H,5-6,9-10H2,1-2H3. The molecule has 106 valence electrons. The minimum atomic E-state index is -0.0645. The van der Waals surface area contributed by atoms with E-state index in [2.05, 4.69) is 16.9 Å². The Kier molecular flexibility index (Phi) is 3.44. The summed E-state index contributed by atoms with van der Waals surface area (Å²) < 4.78 is 7.27. The summed E-state index contributed by atoms with van der Waals surface area (Å²) >= 11 is 0. The van der Waals surface area contributed by atoms with E-state index in [-0.39, 0.29) is 5.56 Å². The van der Waals surface area contributed by atoms with Crippen molar-refractivity contribution in [2.24, 2.45) is 7.05 Å². The summed E-state index contributed by atoms with van der Waals surface area (Å²) in [5.41, 5.74) is 0.621. The second kappa shape index (κ2) is 5.25. The Bertz CT molecular complexity index is 680. The van der Waals surface area contributed by atoms with Gasteiger partial charge in [-0.25, -0.2) is 0 Å². The minimum absolute atomic E-state index is 0.0645. The minimum Gasteiger partial charge on any atom is -0.463 e. The second-order valence-corrected chi connectivity index (χ2v) is 5.36. The second-order valence-electron chi connectivity index (χ2n) is 5.36. The number of likely N-dealkylation sites (N-methyl/N-ethyl adjacent to an activating group) is 1. The lowest BCUT2D eigenvalue weighted by Crippen LogP contribution is -2.32. The lowest BCUT2D eigenvalue weighted by Gasteiger charge is -2.20. The van der Waals surface area contributed by atoms with Crippen molar-refractivity contribution in [1.29, 1.82) is 0 Å². The molecule has 1 fully saturated rings. The fourth-order valence-electron chi connectivity index (χ4n) is 2.69. The van der Waals surface area contributed by atoms with Gasteiger partial charge in [0.25, 0.3) is 11.6 Å². The summed E-state index contributed by atoms with van der Waals surface area (Å²) in [4.78, 5) is 19.0. The van der Waals surface area contributed by atoms with Crippen LogP contribution in [0.15, 0.2) is 29.1 Å². The predicted octanol–water partition coefficient (Wildman–Crippen LogP) is 1.41. The third kappa shape index (κ3) is 2.29. The van der Waals surface area contributed by atoms with Gasteiger partial charge in [0.05, 0.1) is 10.9 Å². The van der Waals surface area contributed by atoms with Crippen LogP contribution in [0.4, 0.5) is 0 Å². The average Bonchev–Trinajstić information content (AvgIpc) is 2.87. The van der Waals surface area contributed by atoms with Gasteiger partial charge >= 0.3 is 0 Å². The average molecular weight is 273 g/mol. The first kappa shape index (κ1) is 13.1. The first-order chi connectivity index (χ1) is 9.66. The van der Waals surface area contributed by atoms with Crippen LogP contribution < -0.4 is 10.3 Å². The highest BCUT2D eigenvalue weighted by Crippen LogP contribution is 2.17. The Labute approximate surface area is 117 Å². The van der Waals surface area contributed by atoms with Crippen LogP contribution in [0.5, 0.6) is 6.01 Å². The number of hydrogen-bond donors (Lipinski definition) is 0. The summed E-state index contributed by atoms with van der Waals surface area (Å²) in [6.07, 6.45) is 2.34. The molecule has 0 N–H and O–H groups in total. The quantitative estimate of drug-likeness (QED) is 0.848. The highest BCUT2D eigenvalue weighted by molar-refractivity contribution is 5.77. The fourth-order valence-corrected chi connectivity index (χ4v) is 2.69. The van der Waals surface area contributed by atoms with Gasteiger partial charge in [-0.05, 0) is 38.6 Å². The molecule has 1 aromatic heterocycles. The van der Waals surface area contributed by atoms with Crippen molar-refractivity contribution in [3.8, 4) is 6.01 Å². The molecule has 2 heterocycles. The van der Waals surface area contributed by atoms with E-state index < -0.39 is 0 Å². The molecule has 0 radical (unpaired) electrons. The molecule has 0 bridgehead atoms. The van der Waals surface area contributed by atoms with Crippen molar-refractivity contribution < 1.29 is 4.74 Å². The van der Waals surface area contributed by atoms with Gasteiger partial charge in [0.1, 0.15) is 6.61 Å². The molecule has 1 aromatic carbocycles. The molecule has 1 aliphatic heterocycles. The lowest BCUT2D eigenvalue weighted by molar-refractivity contribution is 0.182. The van der Waals surface area contributed by atoms with Crippen LogP contribution in [0.25, 0.3) is 10.9 Å². The highest BCUT2D eigenvalue weighted by Gasteiger charge is 2.22. The van der Waals surface area contributed by atoms with E-state index in [1.165, 1.54) is 11.0 Å². The Morgan fingerprint density at radius 2 is 2.15 bits per heavy atom. The van der Waals surface area contributed by atoms with E-state index in [1.807, 2.05) is 18.2 Å². The van der Waals surface area contributed by atoms with E-state index in [0.717, 1.165) is 13.0 Å². The summed E-state index contributed by atoms with van der Waals surface area (Å²) in [6, 6.07) is 8.17. The lowest BCUT2D eigenvalue weighted by atomic mass is 10.2. The maximum Gasteiger partial charge on any atom is 0.299 e. The van der Waals surface area contributed by atoms with E-state index in [4.69, 9.17) is 4.74 Å². The van der Waals surface area contributed by atoms with Crippen molar-refractivity contribution in [3.63, 3.8) is 0 Å². The highest BCUT2D eigenvalue weighted by atomic mass is 16.5. The molecule has 20 heavy (non-hydrogen) atoms. The first-order valence-corrected chi connectivity index (χ1v) is 6.95. The van der Waals surface area contributed by atoms with Crippen LogP contribution in [0.2, 0.25) is 0 Å². The zero-order chi connectivity index (χ0) is 14.1. The monoisotopic (exact) mass is 273 g/mol. The molecule has 1 unspecified atom stereocenters. The van der Waals surface area contributed by atoms with Gasteiger partial charge in [0.2, 0.25) is 0 Å². The van der Waals surface area contributed by atoms with Crippen LogP contribution in [0.1, 0.15) is 12.8 Å². The van der Waals surface area contributed by atoms with Crippen molar-refractivity contribution in [1.82, 2.24) is 14.5 Å². The maximum absolute atomic E-state index is 12.2. The van der Waals surface area contributed by atoms with Crippen molar-refractivity contribution >= 4 is 10.9 Å². The zero-order valence-electron chi connectivity index (χ0n) is 11.9. The Hall–Kier alpha value is -1.88. The van der Waals surface area contributed by atoms with Gasteiger partial charge in [-0.3, -0.25) is 9.36 Å². The molecular formula is C15H19N3O2. The van der Waals surface area contributed by atoms with E-state index >= 15 is 0 Å². The van der Waals surface area contributed by atoms with E-state index in [0.29, 0.717) is 29.6 Å². The third-order valence-electron chi connectivity index (χ3n) is 4.02. The molecule has 0 spiro atoms. The van der Waals surface area contributed by atoms with Crippen molar-refractivity contribution in [2.75, 3.05) is 20.2 Å². The van der Waals surface area contributed by atoms with Crippen LogP contribution in [0, 0.1) is 0 Å². The number of hydrogen-bond acceptors (Lipinski definition) is 4. The Morgan fingerprint density at radius 1 is 1.35 bits per heavy atom. The number of ether oxygens (including phenoxy) is 1. The molecule has 2 aromatic rings. The van der Waals surface area contributed by atoms with Gasteiger partial charge in [0.15, 0.2) is 0 Å². The number of para-hydroxylation sites is 1. The largest absolute Gasteiger partial charge is 0.463 e. The molecule has 0 saturated carbocycles. The molecule has 1 aliphatic rings. The number of rotatable bonds is 3. The first-order valence-electron chi connectivity index (χ1n) is 6.95. The molecular weight excluding hydrogens is 254 g/mol. The van der Waals surface area contributed by atoms with Crippen LogP contribution >= 0.6 is 0 Å². The summed E-state index contributed by atoms with van der Waals surface area (Å²) in [6.45, 7) is 1.69. The smallest absolute Gasteiger partial charge is 0.299 e. The van der Waals surface area contributed by atoms with Gasteiger partial charge in [-0.1, -0.05) is 12.1 Å². The SMILES string of the molecule is CN1CCCC1COc1nc2ccccc2c(=O)n1C. The van der Waals surface area contributed by atoms with Gasteiger partial charge in [0, 0.05) is 13.1 Å². The number of nitrogens with zero attached hydrogens (tertiary/aromatic N) is 3. The van der Waals surface area contributed by atoms with E-state index in [9.17, 15) is 4.79 Å². The van der Waals surface area contributed by atoms with E-state index in [1.54, 1.807) is 13.1 Å². The molecule has 5 nitrogen and oxygen atoms in total. The number of aromatic nitrogens is 2. The number of benzene rings is 1.